The number of carbonyl (C=O) groups is 1. The van der Waals surface area contributed by atoms with Gasteiger partial charge >= 0.3 is 0 Å². The Kier molecular flexibility index (Phi) is 6.80. The van der Waals surface area contributed by atoms with E-state index in [-0.39, 0.29) is 18.3 Å². The average molecular weight is 381 g/mol. The molecule has 0 spiro atoms. The van der Waals surface area contributed by atoms with E-state index in [0.717, 1.165) is 49.8 Å². The summed E-state index contributed by atoms with van der Waals surface area (Å²) in [5, 5.41) is 0. The molecule has 1 heterocycles. The van der Waals surface area contributed by atoms with E-state index in [1.165, 1.54) is 6.07 Å². The largest absolute Gasteiger partial charge is 0.341 e. The van der Waals surface area contributed by atoms with Crippen LogP contribution in [0.15, 0.2) is 48.5 Å². The fourth-order valence-electron chi connectivity index (χ4n) is 3.38. The lowest BCUT2D eigenvalue weighted by molar-refractivity contribution is -0.131. The second-order valence-electron chi connectivity index (χ2n) is 7.08. The number of fused-ring (bicyclic) bond motifs is 1. The minimum absolute atomic E-state index is 0.0580. The maximum Gasteiger partial charge on any atom is 0.242 e. The Morgan fingerprint density at radius 3 is 2.32 bits per heavy atom. The van der Waals surface area contributed by atoms with E-state index in [2.05, 4.69) is 18.8 Å². The molecule has 0 saturated heterocycles. The number of rotatable bonds is 9. The van der Waals surface area contributed by atoms with E-state index >= 15 is 0 Å². The Morgan fingerprint density at radius 1 is 1.00 bits per heavy atom. The number of para-hydroxylation sites is 2. The smallest absolute Gasteiger partial charge is 0.242 e. The van der Waals surface area contributed by atoms with Crippen molar-refractivity contribution in [1.29, 1.82) is 0 Å². The molecule has 1 aromatic heterocycles. The number of nitrogens with zero attached hydrogens (tertiary/aromatic N) is 3. The maximum atomic E-state index is 14.5. The number of hydrogen-bond donors (Lipinski definition) is 0. The highest BCUT2D eigenvalue weighted by Crippen LogP contribution is 2.27. The molecule has 0 aliphatic rings. The van der Waals surface area contributed by atoms with Gasteiger partial charge in [-0.2, -0.15) is 0 Å². The van der Waals surface area contributed by atoms with Crippen LogP contribution in [0, 0.1) is 5.82 Å². The van der Waals surface area contributed by atoms with Crippen LogP contribution in [0.25, 0.3) is 22.4 Å². The van der Waals surface area contributed by atoms with Crippen molar-refractivity contribution in [1.82, 2.24) is 14.5 Å². The molecule has 0 unspecified atom stereocenters. The number of halogens is 1. The molecule has 28 heavy (non-hydrogen) atoms. The van der Waals surface area contributed by atoms with Gasteiger partial charge in [0.15, 0.2) is 0 Å². The van der Waals surface area contributed by atoms with Crippen LogP contribution in [0.4, 0.5) is 4.39 Å². The van der Waals surface area contributed by atoms with Crippen molar-refractivity contribution in [2.45, 2.75) is 46.1 Å². The van der Waals surface area contributed by atoms with Gasteiger partial charge in [0.2, 0.25) is 5.91 Å². The summed E-state index contributed by atoms with van der Waals surface area (Å²) in [7, 11) is 0. The summed E-state index contributed by atoms with van der Waals surface area (Å²) in [6.07, 6.45) is 4.06. The number of aromatic nitrogens is 2. The topological polar surface area (TPSA) is 38.1 Å². The van der Waals surface area contributed by atoms with Gasteiger partial charge in [0.05, 0.1) is 16.6 Å². The second kappa shape index (κ2) is 9.49. The van der Waals surface area contributed by atoms with Crippen molar-refractivity contribution in [3.05, 3.63) is 54.3 Å². The Labute approximate surface area is 166 Å². The highest BCUT2D eigenvalue weighted by atomic mass is 19.1. The van der Waals surface area contributed by atoms with Gasteiger partial charge < -0.3 is 9.47 Å². The lowest BCUT2D eigenvalue weighted by Crippen LogP contribution is -2.35. The molecule has 0 saturated carbocycles. The minimum Gasteiger partial charge on any atom is -0.341 e. The summed E-state index contributed by atoms with van der Waals surface area (Å²) in [5.41, 5.74) is 2.03. The molecule has 0 bridgehead atoms. The van der Waals surface area contributed by atoms with E-state index in [0.29, 0.717) is 11.4 Å². The van der Waals surface area contributed by atoms with Crippen molar-refractivity contribution < 1.29 is 9.18 Å². The third-order valence-corrected chi connectivity index (χ3v) is 4.98. The van der Waals surface area contributed by atoms with Gasteiger partial charge in [-0.25, -0.2) is 9.37 Å². The Hall–Kier alpha value is -2.69. The van der Waals surface area contributed by atoms with Gasteiger partial charge in [0, 0.05) is 13.1 Å². The highest BCUT2D eigenvalue weighted by Gasteiger charge is 2.20. The van der Waals surface area contributed by atoms with Gasteiger partial charge in [-0.05, 0) is 37.1 Å². The number of benzene rings is 2. The van der Waals surface area contributed by atoms with Crippen molar-refractivity contribution >= 4 is 16.9 Å². The number of amides is 1. The van der Waals surface area contributed by atoms with Gasteiger partial charge in [0.1, 0.15) is 18.2 Å². The normalized spacial score (nSPS) is 11.1. The van der Waals surface area contributed by atoms with Crippen LogP contribution in [0.3, 0.4) is 0 Å². The molecular weight excluding hydrogens is 353 g/mol. The summed E-state index contributed by atoms with van der Waals surface area (Å²) >= 11 is 0. The molecule has 0 radical (unpaired) electrons. The van der Waals surface area contributed by atoms with Crippen LogP contribution in [0.1, 0.15) is 39.5 Å². The van der Waals surface area contributed by atoms with E-state index < -0.39 is 0 Å². The van der Waals surface area contributed by atoms with Crippen LogP contribution >= 0.6 is 0 Å². The minimum atomic E-state index is -0.333. The quantitative estimate of drug-likeness (QED) is 0.506. The second-order valence-corrected chi connectivity index (χ2v) is 7.08. The molecule has 5 heteroatoms. The number of unbranched alkanes of at least 4 members (excludes halogenated alkanes) is 2. The van der Waals surface area contributed by atoms with Crippen molar-refractivity contribution in [3.63, 3.8) is 0 Å². The van der Waals surface area contributed by atoms with E-state index in [1.807, 2.05) is 33.7 Å². The number of hydrogen-bond acceptors (Lipinski definition) is 2. The van der Waals surface area contributed by atoms with Crippen molar-refractivity contribution in [3.8, 4) is 11.4 Å². The van der Waals surface area contributed by atoms with Crippen LogP contribution in [-0.2, 0) is 11.3 Å². The molecule has 0 fully saturated rings. The van der Waals surface area contributed by atoms with Gasteiger partial charge in [0.25, 0.3) is 0 Å². The Morgan fingerprint density at radius 2 is 1.64 bits per heavy atom. The zero-order chi connectivity index (χ0) is 19.9. The standard InChI is InChI=1S/C23H28FN3O/c1-3-5-15-26(16-6-4-2)22(28)17-27-21-14-10-9-13-20(21)25-23(27)18-11-7-8-12-19(18)24/h7-14H,3-6,15-17H2,1-2H3. The zero-order valence-electron chi connectivity index (χ0n) is 16.7. The Bertz CT molecular complexity index is 926. The third-order valence-electron chi connectivity index (χ3n) is 4.98. The molecule has 2 aromatic carbocycles. The first-order valence-corrected chi connectivity index (χ1v) is 10.1. The lowest BCUT2D eigenvalue weighted by Gasteiger charge is -2.23. The Balaban J connectivity index is 1.98. The van der Waals surface area contributed by atoms with Crippen molar-refractivity contribution in [2.75, 3.05) is 13.1 Å². The summed E-state index contributed by atoms with van der Waals surface area (Å²) in [4.78, 5) is 19.7. The fraction of sp³-hybridized carbons (Fsp3) is 0.391. The molecule has 0 aliphatic heterocycles. The molecule has 148 valence electrons. The first-order chi connectivity index (χ1) is 13.7. The predicted octanol–water partition coefficient (Wildman–Crippen LogP) is 5.27. The fourth-order valence-corrected chi connectivity index (χ4v) is 3.38. The van der Waals surface area contributed by atoms with Gasteiger partial charge in [-0.3, -0.25) is 4.79 Å². The average Bonchev–Trinajstić information content (AvgIpc) is 3.06. The molecule has 0 aliphatic carbocycles. The summed E-state index contributed by atoms with van der Waals surface area (Å²) in [6.45, 7) is 5.94. The summed E-state index contributed by atoms with van der Waals surface area (Å²) in [5.74, 6) is 0.224. The lowest BCUT2D eigenvalue weighted by atomic mass is 10.2. The summed E-state index contributed by atoms with van der Waals surface area (Å²) < 4.78 is 16.3. The first-order valence-electron chi connectivity index (χ1n) is 10.1. The molecule has 1 amide bonds. The first kappa shape index (κ1) is 20.1. The SMILES string of the molecule is CCCCN(CCCC)C(=O)Cn1c(-c2ccccc2F)nc2ccccc21. The number of imidazole rings is 1. The van der Waals surface area contributed by atoms with Gasteiger partial charge in [-0.15, -0.1) is 0 Å². The van der Waals surface area contributed by atoms with Crippen LogP contribution in [-0.4, -0.2) is 33.4 Å². The summed E-state index contributed by atoms with van der Waals surface area (Å²) in [6, 6.07) is 14.2. The van der Waals surface area contributed by atoms with Crippen molar-refractivity contribution in [2.24, 2.45) is 0 Å². The molecule has 3 rings (SSSR count). The number of carbonyl (C=O) groups excluding carboxylic acids is 1. The molecule has 0 N–H and O–H groups in total. The highest BCUT2D eigenvalue weighted by molar-refractivity contribution is 5.84. The van der Waals surface area contributed by atoms with Crippen LogP contribution < -0.4 is 0 Å². The van der Waals surface area contributed by atoms with Crippen LogP contribution in [0.5, 0.6) is 0 Å². The third kappa shape index (κ3) is 4.41. The zero-order valence-corrected chi connectivity index (χ0v) is 16.7. The van der Waals surface area contributed by atoms with E-state index in [9.17, 15) is 9.18 Å². The van der Waals surface area contributed by atoms with E-state index in [1.54, 1.807) is 18.2 Å². The molecule has 3 aromatic rings. The van der Waals surface area contributed by atoms with E-state index in [4.69, 9.17) is 0 Å². The van der Waals surface area contributed by atoms with Crippen LogP contribution in [0.2, 0.25) is 0 Å². The molecular formula is C23H28FN3O. The molecule has 0 atom stereocenters. The molecule has 4 nitrogen and oxygen atoms in total. The maximum absolute atomic E-state index is 14.5. The predicted molar refractivity (Wildman–Crippen MR) is 112 cm³/mol. The monoisotopic (exact) mass is 381 g/mol. The van der Waals surface area contributed by atoms with Gasteiger partial charge in [-0.1, -0.05) is 51.0 Å².